The van der Waals surface area contributed by atoms with E-state index in [1.165, 1.54) is 13.0 Å². The summed E-state index contributed by atoms with van der Waals surface area (Å²) in [5.41, 5.74) is 0.731. The molecule has 0 bridgehead atoms. The molecule has 21 heavy (non-hydrogen) atoms. The molecule has 0 unspecified atom stereocenters. The second-order valence-electron chi connectivity index (χ2n) is 4.36. The van der Waals surface area contributed by atoms with Crippen molar-refractivity contribution in [1.82, 2.24) is 0 Å². The number of hydrogen-bond donors (Lipinski definition) is 0. The molecule has 0 fully saturated rings. The van der Waals surface area contributed by atoms with Crippen molar-refractivity contribution in [2.24, 2.45) is 0 Å². The zero-order chi connectivity index (χ0) is 15.4. The maximum atomic E-state index is 11.4. The number of benzene rings is 2. The first-order chi connectivity index (χ1) is 10.0. The number of hydrogen-bond acceptors (Lipinski definition) is 4. The van der Waals surface area contributed by atoms with Gasteiger partial charge in [0.15, 0.2) is 5.78 Å². The summed E-state index contributed by atoms with van der Waals surface area (Å²) in [6, 6.07) is 12.4. The number of ether oxygens (including phenoxy) is 1. The number of rotatable bonds is 5. The highest BCUT2D eigenvalue weighted by atomic mass is 79.9. The van der Waals surface area contributed by atoms with Crippen molar-refractivity contribution >= 4 is 27.4 Å². The minimum atomic E-state index is -0.587. The fourth-order valence-corrected chi connectivity index (χ4v) is 2.46. The first kappa shape index (κ1) is 15.2. The van der Waals surface area contributed by atoms with Gasteiger partial charge in [-0.1, -0.05) is 30.3 Å². The molecule has 5 nitrogen and oxygen atoms in total. The molecule has 2 aromatic carbocycles. The molecular weight excluding hydrogens is 338 g/mol. The van der Waals surface area contributed by atoms with Crippen LogP contribution in [0.1, 0.15) is 22.8 Å². The average molecular weight is 350 g/mol. The number of halogens is 1. The minimum absolute atomic E-state index is 0.0546. The van der Waals surface area contributed by atoms with E-state index >= 15 is 0 Å². The summed E-state index contributed by atoms with van der Waals surface area (Å²) in [5, 5.41) is 11.1. The van der Waals surface area contributed by atoms with Gasteiger partial charge in [-0.2, -0.15) is 0 Å². The summed E-state index contributed by atoms with van der Waals surface area (Å²) in [5.74, 6) is -0.0347. The van der Waals surface area contributed by atoms with Crippen LogP contribution in [-0.2, 0) is 6.61 Å². The second-order valence-corrected chi connectivity index (χ2v) is 5.15. The lowest BCUT2D eigenvalue weighted by molar-refractivity contribution is -0.386. The van der Waals surface area contributed by atoms with Gasteiger partial charge >= 0.3 is 0 Å². The Bertz CT molecular complexity index is 686. The Morgan fingerprint density at radius 1 is 1.24 bits per heavy atom. The Balaban J connectivity index is 2.31. The standard InChI is InChI=1S/C15H12BrNO4/c1-10(18)12-7-8-13(14(16)15(12)17(19)20)21-9-11-5-3-2-4-6-11/h2-8H,9H2,1H3. The van der Waals surface area contributed by atoms with E-state index < -0.39 is 4.92 Å². The normalized spacial score (nSPS) is 10.2. The maximum absolute atomic E-state index is 11.4. The third-order valence-electron chi connectivity index (χ3n) is 2.88. The number of Topliss-reactive ketones (excluding diaryl/α,β-unsaturated/α-hetero) is 1. The van der Waals surface area contributed by atoms with Crippen LogP contribution >= 0.6 is 15.9 Å². The van der Waals surface area contributed by atoms with Gasteiger partial charge in [0.25, 0.3) is 5.69 Å². The predicted octanol–water partition coefficient (Wildman–Crippen LogP) is 4.14. The molecule has 0 N–H and O–H groups in total. The highest BCUT2D eigenvalue weighted by Gasteiger charge is 2.24. The summed E-state index contributed by atoms with van der Waals surface area (Å²) in [4.78, 5) is 22.0. The molecular formula is C15H12BrNO4. The predicted molar refractivity (Wildman–Crippen MR) is 81.6 cm³/mol. The monoisotopic (exact) mass is 349 g/mol. The van der Waals surface area contributed by atoms with Crippen molar-refractivity contribution in [2.45, 2.75) is 13.5 Å². The van der Waals surface area contributed by atoms with Crippen LogP contribution in [0.4, 0.5) is 5.69 Å². The first-order valence-electron chi connectivity index (χ1n) is 6.15. The molecule has 0 radical (unpaired) electrons. The fraction of sp³-hybridized carbons (Fsp3) is 0.133. The van der Waals surface area contributed by atoms with Gasteiger partial charge in [-0.05, 0) is 40.5 Å². The topological polar surface area (TPSA) is 69.4 Å². The quantitative estimate of drug-likeness (QED) is 0.462. The Morgan fingerprint density at radius 2 is 1.90 bits per heavy atom. The van der Waals surface area contributed by atoms with E-state index in [0.29, 0.717) is 5.75 Å². The highest BCUT2D eigenvalue weighted by molar-refractivity contribution is 9.10. The molecule has 0 aromatic heterocycles. The van der Waals surface area contributed by atoms with Crippen LogP contribution in [0.2, 0.25) is 0 Å². The molecule has 108 valence electrons. The third-order valence-corrected chi connectivity index (χ3v) is 3.65. The summed E-state index contributed by atoms with van der Waals surface area (Å²) in [7, 11) is 0. The largest absolute Gasteiger partial charge is 0.487 e. The smallest absolute Gasteiger partial charge is 0.298 e. The van der Waals surface area contributed by atoms with E-state index in [-0.39, 0.29) is 28.1 Å². The lowest BCUT2D eigenvalue weighted by Gasteiger charge is -2.10. The fourth-order valence-electron chi connectivity index (χ4n) is 1.86. The van der Waals surface area contributed by atoms with Gasteiger partial charge in [0.1, 0.15) is 16.8 Å². The number of nitrogens with zero attached hydrogens (tertiary/aromatic N) is 1. The molecule has 0 spiro atoms. The SMILES string of the molecule is CC(=O)c1ccc(OCc2ccccc2)c(Br)c1[N+](=O)[O-]. The Kier molecular flexibility index (Phi) is 4.70. The Hall–Kier alpha value is -2.21. The minimum Gasteiger partial charge on any atom is -0.487 e. The molecule has 0 aliphatic rings. The van der Waals surface area contributed by atoms with Crippen molar-refractivity contribution in [1.29, 1.82) is 0 Å². The number of carbonyl (C=O) groups excluding carboxylic acids is 1. The molecule has 0 saturated carbocycles. The van der Waals surface area contributed by atoms with Gasteiger partial charge in [0.05, 0.1) is 10.5 Å². The highest BCUT2D eigenvalue weighted by Crippen LogP contribution is 2.37. The van der Waals surface area contributed by atoms with Crippen LogP contribution in [0.15, 0.2) is 46.9 Å². The van der Waals surface area contributed by atoms with Gasteiger partial charge in [0.2, 0.25) is 0 Å². The molecule has 0 aliphatic carbocycles. The van der Waals surface area contributed by atoms with Crippen LogP contribution in [0.5, 0.6) is 5.75 Å². The van der Waals surface area contributed by atoms with E-state index in [0.717, 1.165) is 5.56 Å². The Labute approximate surface area is 129 Å². The number of nitro groups is 1. The summed E-state index contributed by atoms with van der Waals surface area (Å²) >= 11 is 3.16. The molecule has 0 atom stereocenters. The molecule has 2 aromatic rings. The summed E-state index contributed by atoms with van der Waals surface area (Å²) in [6.07, 6.45) is 0. The van der Waals surface area contributed by atoms with Crippen molar-refractivity contribution in [2.75, 3.05) is 0 Å². The Morgan fingerprint density at radius 3 is 2.48 bits per heavy atom. The second kappa shape index (κ2) is 6.49. The summed E-state index contributed by atoms with van der Waals surface area (Å²) in [6.45, 7) is 1.58. The zero-order valence-corrected chi connectivity index (χ0v) is 12.8. The molecule has 0 heterocycles. The van der Waals surface area contributed by atoms with Crippen molar-refractivity contribution in [3.63, 3.8) is 0 Å². The van der Waals surface area contributed by atoms with Gasteiger partial charge in [0, 0.05) is 0 Å². The van der Waals surface area contributed by atoms with E-state index in [4.69, 9.17) is 4.74 Å². The van der Waals surface area contributed by atoms with E-state index in [2.05, 4.69) is 15.9 Å². The third kappa shape index (κ3) is 3.46. The van der Waals surface area contributed by atoms with Crippen molar-refractivity contribution in [3.05, 3.63) is 68.2 Å². The van der Waals surface area contributed by atoms with Gasteiger partial charge < -0.3 is 4.74 Å². The van der Waals surface area contributed by atoms with E-state index in [9.17, 15) is 14.9 Å². The lowest BCUT2D eigenvalue weighted by atomic mass is 10.1. The van der Waals surface area contributed by atoms with Crippen LogP contribution < -0.4 is 4.74 Å². The molecule has 0 aliphatic heterocycles. The molecule has 6 heteroatoms. The average Bonchev–Trinajstić information content (AvgIpc) is 2.46. The summed E-state index contributed by atoms with van der Waals surface area (Å²) < 4.78 is 5.76. The van der Waals surface area contributed by atoms with Crippen molar-refractivity contribution in [3.8, 4) is 5.75 Å². The lowest BCUT2D eigenvalue weighted by Crippen LogP contribution is -2.03. The zero-order valence-electron chi connectivity index (χ0n) is 11.2. The van der Waals surface area contributed by atoms with E-state index in [1.807, 2.05) is 30.3 Å². The van der Waals surface area contributed by atoms with Crippen LogP contribution in [0.25, 0.3) is 0 Å². The van der Waals surface area contributed by atoms with Gasteiger partial charge in [-0.25, -0.2) is 0 Å². The molecule has 0 amide bonds. The maximum Gasteiger partial charge on any atom is 0.298 e. The molecule has 0 saturated heterocycles. The molecule has 2 rings (SSSR count). The van der Waals surface area contributed by atoms with Crippen LogP contribution in [0, 0.1) is 10.1 Å². The van der Waals surface area contributed by atoms with Gasteiger partial charge in [-0.15, -0.1) is 0 Å². The van der Waals surface area contributed by atoms with Crippen LogP contribution in [-0.4, -0.2) is 10.7 Å². The number of ketones is 1. The van der Waals surface area contributed by atoms with Crippen LogP contribution in [0.3, 0.4) is 0 Å². The van der Waals surface area contributed by atoms with E-state index in [1.54, 1.807) is 6.07 Å². The number of nitro benzene ring substituents is 1. The van der Waals surface area contributed by atoms with Gasteiger partial charge in [-0.3, -0.25) is 14.9 Å². The number of carbonyl (C=O) groups is 1. The van der Waals surface area contributed by atoms with Crippen molar-refractivity contribution < 1.29 is 14.5 Å². The first-order valence-corrected chi connectivity index (χ1v) is 6.94.